The molecule has 0 bridgehead atoms. The van der Waals surface area contributed by atoms with E-state index in [4.69, 9.17) is 0 Å². The zero-order valence-electron chi connectivity index (χ0n) is 10.4. The molecule has 0 unspecified atom stereocenters. The lowest BCUT2D eigenvalue weighted by Gasteiger charge is -2.11. The molecule has 3 heteroatoms. The average molecular weight is 322 g/mol. The molecule has 0 radical (unpaired) electrons. The number of aryl methyl sites for hydroxylation is 1. The Morgan fingerprint density at radius 2 is 2.11 bits per heavy atom. The molecule has 94 valence electrons. The fraction of sp³-hybridized carbons (Fsp3) is 0.333. The van der Waals surface area contributed by atoms with Gasteiger partial charge in [0.25, 0.3) is 0 Å². The molecule has 0 amide bonds. The predicted octanol–water partition coefficient (Wildman–Crippen LogP) is 4.74. The minimum Gasteiger partial charge on any atom is -0.310 e. The van der Waals surface area contributed by atoms with Crippen LogP contribution in [0.2, 0.25) is 0 Å². The Morgan fingerprint density at radius 3 is 2.78 bits per heavy atom. The molecule has 1 aliphatic rings. The second kappa shape index (κ2) is 5.16. The monoisotopic (exact) mass is 321 g/mol. The first-order chi connectivity index (χ1) is 8.74. The summed E-state index contributed by atoms with van der Waals surface area (Å²) in [5.41, 5.74) is 5.39. The van der Waals surface area contributed by atoms with Gasteiger partial charge in [-0.15, -0.1) is 0 Å². The highest BCUT2D eigenvalue weighted by molar-refractivity contribution is 9.10. The zero-order chi connectivity index (χ0) is 12.5. The lowest BCUT2D eigenvalue weighted by Crippen LogP contribution is -2.15. The molecule has 0 saturated heterocycles. The van der Waals surface area contributed by atoms with Crippen molar-refractivity contribution >= 4 is 27.3 Å². The van der Waals surface area contributed by atoms with Crippen LogP contribution in [0.15, 0.2) is 33.4 Å². The summed E-state index contributed by atoms with van der Waals surface area (Å²) in [6.45, 7) is 3.13. The Kier molecular flexibility index (Phi) is 3.55. The summed E-state index contributed by atoms with van der Waals surface area (Å²) >= 11 is 5.39. The lowest BCUT2D eigenvalue weighted by molar-refractivity contribution is 0.688. The first-order valence-corrected chi connectivity index (χ1v) is 8.02. The van der Waals surface area contributed by atoms with Crippen LogP contribution in [-0.4, -0.2) is 6.04 Å². The number of hydrogen-bond donors (Lipinski definition) is 1. The number of thiophene rings is 1. The highest BCUT2D eigenvalue weighted by Gasteiger charge is 2.20. The second-order valence-corrected chi connectivity index (χ2v) is 6.55. The van der Waals surface area contributed by atoms with Crippen LogP contribution in [-0.2, 0) is 6.54 Å². The van der Waals surface area contributed by atoms with Gasteiger partial charge >= 0.3 is 0 Å². The first kappa shape index (κ1) is 12.4. The Labute approximate surface area is 120 Å². The van der Waals surface area contributed by atoms with Crippen LogP contribution in [0.4, 0.5) is 0 Å². The van der Waals surface area contributed by atoms with Crippen molar-refractivity contribution < 1.29 is 0 Å². The molecule has 0 spiro atoms. The van der Waals surface area contributed by atoms with Gasteiger partial charge in [0.1, 0.15) is 0 Å². The third-order valence-corrected chi connectivity index (χ3v) is 5.03. The van der Waals surface area contributed by atoms with E-state index in [1.807, 2.05) is 0 Å². The molecule has 0 aliphatic heterocycles. The molecule has 1 fully saturated rings. The smallest absolute Gasteiger partial charge is 0.0360 e. The van der Waals surface area contributed by atoms with Crippen molar-refractivity contribution in [3.8, 4) is 11.1 Å². The van der Waals surface area contributed by atoms with E-state index in [-0.39, 0.29) is 0 Å². The van der Waals surface area contributed by atoms with Crippen molar-refractivity contribution in [2.75, 3.05) is 0 Å². The summed E-state index contributed by atoms with van der Waals surface area (Å²) in [4.78, 5) is 0. The molecular weight excluding hydrogens is 306 g/mol. The highest BCUT2D eigenvalue weighted by Crippen LogP contribution is 2.34. The van der Waals surface area contributed by atoms with Crippen molar-refractivity contribution in [2.45, 2.75) is 32.4 Å². The SMILES string of the molecule is Cc1ccc(CNC2CC2)c(-c2cscc2Br)c1. The molecule has 1 aromatic carbocycles. The van der Waals surface area contributed by atoms with E-state index in [0.29, 0.717) is 0 Å². The van der Waals surface area contributed by atoms with E-state index in [0.717, 1.165) is 12.6 Å². The standard InChI is InChI=1S/C15H16BrNS/c1-10-2-3-11(7-17-12-4-5-12)13(6-10)14-8-18-9-15(14)16/h2-3,6,8-9,12,17H,4-5,7H2,1H3. The van der Waals surface area contributed by atoms with E-state index < -0.39 is 0 Å². The minimum absolute atomic E-state index is 0.755. The molecule has 1 saturated carbocycles. The van der Waals surface area contributed by atoms with Crippen molar-refractivity contribution in [1.29, 1.82) is 0 Å². The Bertz CT molecular complexity index is 557. The third kappa shape index (κ3) is 2.68. The van der Waals surface area contributed by atoms with Crippen molar-refractivity contribution in [3.63, 3.8) is 0 Å². The van der Waals surface area contributed by atoms with E-state index in [9.17, 15) is 0 Å². The molecule has 1 aromatic heterocycles. The first-order valence-electron chi connectivity index (χ1n) is 6.29. The van der Waals surface area contributed by atoms with Gasteiger partial charge in [-0.25, -0.2) is 0 Å². The summed E-state index contributed by atoms with van der Waals surface area (Å²) in [7, 11) is 0. The molecule has 3 rings (SSSR count). The van der Waals surface area contributed by atoms with Crippen LogP contribution in [0.25, 0.3) is 11.1 Å². The average Bonchev–Trinajstić information content (AvgIpc) is 3.09. The van der Waals surface area contributed by atoms with E-state index in [1.54, 1.807) is 11.3 Å². The Morgan fingerprint density at radius 1 is 1.28 bits per heavy atom. The van der Waals surface area contributed by atoms with Gasteiger partial charge in [0.05, 0.1) is 0 Å². The van der Waals surface area contributed by atoms with Gasteiger partial charge in [0.2, 0.25) is 0 Å². The fourth-order valence-corrected chi connectivity index (χ4v) is 3.62. The van der Waals surface area contributed by atoms with Gasteiger partial charge in [-0.3, -0.25) is 0 Å². The van der Waals surface area contributed by atoms with Gasteiger partial charge in [-0.2, -0.15) is 11.3 Å². The molecule has 1 aliphatic carbocycles. The number of rotatable bonds is 4. The number of benzene rings is 1. The molecular formula is C15H16BrNS. The van der Waals surface area contributed by atoms with Gasteiger partial charge in [0.15, 0.2) is 0 Å². The largest absolute Gasteiger partial charge is 0.310 e. The highest BCUT2D eigenvalue weighted by atomic mass is 79.9. The maximum absolute atomic E-state index is 3.64. The van der Waals surface area contributed by atoms with Crippen molar-refractivity contribution in [2.24, 2.45) is 0 Å². The maximum atomic E-state index is 3.64. The van der Waals surface area contributed by atoms with Crippen LogP contribution in [0.5, 0.6) is 0 Å². The van der Waals surface area contributed by atoms with Gasteiger partial charge in [0, 0.05) is 28.0 Å². The van der Waals surface area contributed by atoms with E-state index >= 15 is 0 Å². The zero-order valence-corrected chi connectivity index (χ0v) is 12.8. The van der Waals surface area contributed by atoms with Crippen molar-refractivity contribution in [1.82, 2.24) is 5.32 Å². The summed E-state index contributed by atoms with van der Waals surface area (Å²) in [6, 6.07) is 7.50. The topological polar surface area (TPSA) is 12.0 Å². The van der Waals surface area contributed by atoms with Gasteiger partial charge in [-0.05, 0) is 52.2 Å². The molecule has 1 heterocycles. The quantitative estimate of drug-likeness (QED) is 0.857. The summed E-state index contributed by atoms with van der Waals surface area (Å²) in [5, 5.41) is 7.97. The number of hydrogen-bond acceptors (Lipinski definition) is 2. The number of nitrogens with one attached hydrogen (secondary N) is 1. The Balaban J connectivity index is 1.94. The normalized spacial score (nSPS) is 15.0. The van der Waals surface area contributed by atoms with E-state index in [1.165, 1.54) is 39.6 Å². The molecule has 1 nitrogen and oxygen atoms in total. The maximum Gasteiger partial charge on any atom is 0.0360 e. The molecule has 0 atom stereocenters. The van der Waals surface area contributed by atoms with Crippen molar-refractivity contribution in [3.05, 3.63) is 44.6 Å². The molecule has 1 N–H and O–H groups in total. The van der Waals surface area contributed by atoms with Gasteiger partial charge in [-0.1, -0.05) is 23.8 Å². The summed E-state index contributed by atoms with van der Waals surface area (Å²) < 4.78 is 1.20. The number of halogens is 1. The van der Waals surface area contributed by atoms with Crippen LogP contribution in [0, 0.1) is 6.92 Å². The van der Waals surface area contributed by atoms with Crippen LogP contribution in [0.3, 0.4) is 0 Å². The molecule has 2 aromatic rings. The minimum atomic E-state index is 0.755. The lowest BCUT2D eigenvalue weighted by atomic mass is 9.99. The summed E-state index contributed by atoms with van der Waals surface area (Å²) in [5.74, 6) is 0. The second-order valence-electron chi connectivity index (χ2n) is 4.95. The van der Waals surface area contributed by atoms with Gasteiger partial charge < -0.3 is 5.32 Å². The predicted molar refractivity (Wildman–Crippen MR) is 82.1 cm³/mol. The van der Waals surface area contributed by atoms with Crippen LogP contribution >= 0.6 is 27.3 Å². The fourth-order valence-electron chi connectivity index (χ4n) is 2.11. The summed E-state index contributed by atoms with van der Waals surface area (Å²) in [6.07, 6.45) is 2.67. The molecule has 18 heavy (non-hydrogen) atoms. The van der Waals surface area contributed by atoms with Crippen LogP contribution < -0.4 is 5.32 Å². The van der Waals surface area contributed by atoms with Crippen LogP contribution in [0.1, 0.15) is 24.0 Å². The Hall–Kier alpha value is -0.640. The van der Waals surface area contributed by atoms with E-state index in [2.05, 4.69) is 57.1 Å². The third-order valence-electron chi connectivity index (χ3n) is 3.33.